The highest BCUT2D eigenvalue weighted by molar-refractivity contribution is 7.90. The molecule has 0 saturated carbocycles. The first-order chi connectivity index (χ1) is 14.3. The van der Waals surface area contributed by atoms with E-state index in [2.05, 4.69) is 9.71 Å². The molecular formula is C20H27F3N4O3S. The lowest BCUT2D eigenvalue weighted by Crippen LogP contribution is -2.41. The Labute approximate surface area is 181 Å². The number of ether oxygens (including phenoxy) is 1. The summed E-state index contributed by atoms with van der Waals surface area (Å²) in [5, 5.41) is -0.125. The van der Waals surface area contributed by atoms with Gasteiger partial charge in [-0.3, -0.25) is 9.36 Å². The second-order valence-corrected chi connectivity index (χ2v) is 10.6. The molecule has 1 N–H and O–H groups in total. The quantitative estimate of drug-likeness (QED) is 0.707. The monoisotopic (exact) mass is 460 g/mol. The molecule has 11 heteroatoms. The molecule has 1 aromatic heterocycles. The van der Waals surface area contributed by atoms with E-state index in [1.165, 1.54) is 11.6 Å². The summed E-state index contributed by atoms with van der Waals surface area (Å²) >= 11 is -1.53. The maximum absolute atomic E-state index is 13.6. The van der Waals surface area contributed by atoms with Crippen molar-refractivity contribution in [2.24, 2.45) is 7.05 Å². The van der Waals surface area contributed by atoms with E-state index in [9.17, 15) is 22.5 Å². The molecule has 7 nitrogen and oxygen atoms in total. The van der Waals surface area contributed by atoms with E-state index in [0.29, 0.717) is 32.3 Å². The van der Waals surface area contributed by atoms with Crippen LogP contribution in [0.15, 0.2) is 16.9 Å². The summed E-state index contributed by atoms with van der Waals surface area (Å²) in [5.74, 6) is 0.367. The van der Waals surface area contributed by atoms with E-state index in [0.717, 1.165) is 12.1 Å². The lowest BCUT2D eigenvalue weighted by molar-refractivity contribution is -0.137. The van der Waals surface area contributed by atoms with E-state index in [1.807, 2.05) is 4.90 Å². The van der Waals surface area contributed by atoms with Gasteiger partial charge in [0.1, 0.15) is 4.75 Å². The van der Waals surface area contributed by atoms with Crippen LogP contribution in [0.3, 0.4) is 0 Å². The molecule has 0 unspecified atom stereocenters. The number of aromatic nitrogens is 2. The second-order valence-electron chi connectivity index (χ2n) is 8.56. The van der Waals surface area contributed by atoms with Crippen LogP contribution >= 0.6 is 0 Å². The Morgan fingerprint density at radius 2 is 1.84 bits per heavy atom. The second kappa shape index (κ2) is 8.61. The molecule has 2 aromatic rings. The molecule has 1 aliphatic heterocycles. The zero-order valence-electron chi connectivity index (χ0n) is 18.2. The van der Waals surface area contributed by atoms with Crippen LogP contribution in [-0.2, 0) is 29.3 Å². The summed E-state index contributed by atoms with van der Waals surface area (Å²) in [6.07, 6.45) is -4.64. The minimum absolute atomic E-state index is 0.125. The summed E-state index contributed by atoms with van der Waals surface area (Å²) in [4.78, 5) is 19.5. The van der Waals surface area contributed by atoms with E-state index in [1.54, 1.807) is 27.7 Å². The van der Waals surface area contributed by atoms with Crippen LogP contribution in [-0.4, -0.2) is 45.2 Å². The topological polar surface area (TPSA) is 82.5 Å². The predicted molar refractivity (Wildman–Crippen MR) is 114 cm³/mol. The van der Waals surface area contributed by atoms with Crippen molar-refractivity contribution in [1.29, 1.82) is 0 Å². The smallest absolute Gasteiger partial charge is 0.416 e. The maximum Gasteiger partial charge on any atom is 0.416 e. The van der Waals surface area contributed by atoms with Crippen molar-refractivity contribution < 1.29 is 22.5 Å². The fourth-order valence-corrected chi connectivity index (χ4v) is 4.13. The van der Waals surface area contributed by atoms with Gasteiger partial charge in [-0.15, -0.1) is 4.72 Å². The van der Waals surface area contributed by atoms with Gasteiger partial charge >= 0.3 is 6.18 Å². The fraction of sp³-hybridized carbons (Fsp3) is 0.600. The Morgan fingerprint density at radius 3 is 2.39 bits per heavy atom. The first-order valence-electron chi connectivity index (χ1n) is 9.93. The van der Waals surface area contributed by atoms with Crippen LogP contribution in [0.4, 0.5) is 19.1 Å². The predicted octanol–water partition coefficient (Wildman–Crippen LogP) is 2.90. The van der Waals surface area contributed by atoms with Crippen LogP contribution < -0.4 is 15.2 Å². The Bertz CT molecular complexity index is 1010. The van der Waals surface area contributed by atoms with Crippen LogP contribution in [0.5, 0.6) is 0 Å². The van der Waals surface area contributed by atoms with Gasteiger partial charge < -0.3 is 14.2 Å². The van der Waals surface area contributed by atoms with Gasteiger partial charge in [-0.05, 0) is 39.8 Å². The van der Waals surface area contributed by atoms with E-state index >= 15 is 0 Å². The molecule has 1 aromatic carbocycles. The number of halogens is 3. The number of nitrogens with one attached hydrogen (secondary N) is 1. The van der Waals surface area contributed by atoms with Gasteiger partial charge in [-0.2, -0.15) is 13.2 Å². The molecule has 31 heavy (non-hydrogen) atoms. The zero-order chi connectivity index (χ0) is 23.1. The zero-order valence-corrected chi connectivity index (χ0v) is 19.0. The van der Waals surface area contributed by atoms with Crippen molar-refractivity contribution in [3.8, 4) is 0 Å². The number of fused-ring (bicyclic) bond motifs is 1. The fourth-order valence-electron chi connectivity index (χ4n) is 3.33. The number of alkyl halides is 3. The minimum Gasteiger partial charge on any atom is -0.598 e. The third-order valence-electron chi connectivity index (χ3n) is 5.11. The summed E-state index contributed by atoms with van der Waals surface area (Å²) in [7, 11) is 1.50. The Kier molecular flexibility index (Phi) is 6.62. The molecule has 0 radical (unpaired) electrons. The van der Waals surface area contributed by atoms with Gasteiger partial charge in [0.25, 0.3) is 5.56 Å². The van der Waals surface area contributed by atoms with Crippen LogP contribution in [0.1, 0.15) is 44.9 Å². The Morgan fingerprint density at radius 1 is 1.23 bits per heavy atom. The molecule has 1 fully saturated rings. The number of hydrogen-bond donors (Lipinski definition) is 1. The molecule has 0 spiro atoms. The normalized spacial score (nSPS) is 17.8. The lowest BCUT2D eigenvalue weighted by atomic mass is 10.0. The molecule has 0 aliphatic carbocycles. The molecule has 2 heterocycles. The highest BCUT2D eigenvalue weighted by Crippen LogP contribution is 2.35. The molecule has 0 amide bonds. The van der Waals surface area contributed by atoms with Crippen LogP contribution in [0.2, 0.25) is 0 Å². The molecule has 1 aliphatic rings. The van der Waals surface area contributed by atoms with Crippen molar-refractivity contribution >= 4 is 28.2 Å². The van der Waals surface area contributed by atoms with Crippen LogP contribution in [0, 0.1) is 0 Å². The van der Waals surface area contributed by atoms with Gasteiger partial charge in [-0.25, -0.2) is 4.98 Å². The number of morpholine rings is 1. The third kappa shape index (κ3) is 5.00. The summed E-state index contributed by atoms with van der Waals surface area (Å²) in [5.41, 5.74) is -1.16. The van der Waals surface area contributed by atoms with Crippen LogP contribution in [0.25, 0.3) is 10.9 Å². The van der Waals surface area contributed by atoms with Crippen molar-refractivity contribution in [1.82, 2.24) is 14.3 Å². The standard InChI is InChI=1S/C20H27F3N4O3S/c1-12(25-31(29)19(2,3)4)14-10-13(20(21,22)23)11-15-16(14)24-18(26(5)17(15)28)27-6-8-30-9-7-27/h10-12,25H,6-9H2,1-5H3/t12-,31-/m1/s1. The van der Waals surface area contributed by atoms with Gasteiger partial charge in [0, 0.05) is 37.1 Å². The molecule has 3 rings (SSSR count). The van der Waals surface area contributed by atoms with Crippen molar-refractivity contribution in [3.05, 3.63) is 33.6 Å². The third-order valence-corrected chi connectivity index (χ3v) is 6.79. The Hall–Kier alpha value is -1.82. The molecule has 0 bridgehead atoms. The van der Waals surface area contributed by atoms with Gasteiger partial charge in [0.2, 0.25) is 5.95 Å². The minimum atomic E-state index is -4.64. The molecule has 172 valence electrons. The average Bonchev–Trinajstić information content (AvgIpc) is 2.69. The molecular weight excluding hydrogens is 433 g/mol. The largest absolute Gasteiger partial charge is 0.598 e. The van der Waals surface area contributed by atoms with E-state index in [-0.39, 0.29) is 16.5 Å². The lowest BCUT2D eigenvalue weighted by Gasteiger charge is -2.30. The number of nitrogens with zero attached hydrogens (tertiary/aromatic N) is 3. The number of benzene rings is 1. The number of anilines is 1. The molecule has 1 saturated heterocycles. The van der Waals surface area contributed by atoms with Crippen molar-refractivity contribution in [2.45, 2.75) is 44.7 Å². The summed E-state index contributed by atoms with van der Waals surface area (Å²) in [6.45, 7) is 8.87. The first kappa shape index (κ1) is 23.8. The van der Waals surface area contributed by atoms with Gasteiger partial charge in [0.05, 0.1) is 35.7 Å². The number of rotatable bonds is 4. The summed E-state index contributed by atoms with van der Waals surface area (Å²) < 4.78 is 62.2. The average molecular weight is 461 g/mol. The SMILES string of the molecule is C[C@@H](N[S@+]([O-])C(C)(C)C)c1cc(C(F)(F)F)cc2c(=O)n(C)c(N3CCOCC3)nc12. The van der Waals surface area contributed by atoms with E-state index < -0.39 is 39.4 Å². The highest BCUT2D eigenvalue weighted by Gasteiger charge is 2.35. The summed E-state index contributed by atoms with van der Waals surface area (Å²) in [6, 6.07) is 1.09. The first-order valence-corrected chi connectivity index (χ1v) is 11.1. The highest BCUT2D eigenvalue weighted by atomic mass is 32.2. The number of hydrogen-bond acceptors (Lipinski definition) is 6. The molecule has 2 atom stereocenters. The van der Waals surface area contributed by atoms with Crippen molar-refractivity contribution in [3.63, 3.8) is 0 Å². The van der Waals surface area contributed by atoms with Gasteiger partial charge in [-0.1, -0.05) is 0 Å². The van der Waals surface area contributed by atoms with E-state index in [4.69, 9.17) is 4.74 Å². The maximum atomic E-state index is 13.6. The Balaban J connectivity index is 2.21. The van der Waals surface area contributed by atoms with Gasteiger partial charge in [0.15, 0.2) is 0 Å². The van der Waals surface area contributed by atoms with Crippen molar-refractivity contribution in [2.75, 3.05) is 31.2 Å².